The first-order valence-corrected chi connectivity index (χ1v) is 7.58. The van der Waals surface area contributed by atoms with Gasteiger partial charge >= 0.3 is 0 Å². The molecule has 1 N–H and O–H groups in total. The second-order valence-electron chi connectivity index (χ2n) is 6.16. The fourth-order valence-corrected chi connectivity index (χ4v) is 3.54. The molecule has 0 radical (unpaired) electrons. The van der Waals surface area contributed by atoms with E-state index in [1.807, 2.05) is 24.5 Å². The average Bonchev–Trinajstić information content (AvgIpc) is 2.82. The highest BCUT2D eigenvalue weighted by molar-refractivity contribution is 6.14. The van der Waals surface area contributed by atoms with Gasteiger partial charge in [-0.25, -0.2) is 0 Å². The van der Waals surface area contributed by atoms with Crippen LogP contribution in [0.15, 0.2) is 42.7 Å². The number of hydrogen-bond donors (Lipinski definition) is 1. The van der Waals surface area contributed by atoms with E-state index >= 15 is 0 Å². The van der Waals surface area contributed by atoms with E-state index in [1.54, 1.807) is 6.07 Å². The minimum absolute atomic E-state index is 0.305. The van der Waals surface area contributed by atoms with Gasteiger partial charge in [0.15, 0.2) is 0 Å². The highest BCUT2D eigenvalue weighted by Crippen LogP contribution is 2.38. The van der Waals surface area contributed by atoms with Crippen molar-refractivity contribution < 1.29 is 5.11 Å². The van der Waals surface area contributed by atoms with Gasteiger partial charge in [0.25, 0.3) is 0 Å². The Labute approximate surface area is 128 Å². The Morgan fingerprint density at radius 2 is 1.86 bits per heavy atom. The van der Waals surface area contributed by atoms with Crippen LogP contribution >= 0.6 is 0 Å². The molecular weight excluding hydrogens is 272 g/mol. The Kier molecular flexibility index (Phi) is 2.67. The molecule has 0 aliphatic heterocycles. The maximum atomic E-state index is 9.90. The highest BCUT2D eigenvalue weighted by Gasteiger charge is 2.17. The molecule has 0 bridgehead atoms. The van der Waals surface area contributed by atoms with Gasteiger partial charge in [-0.2, -0.15) is 0 Å². The van der Waals surface area contributed by atoms with Crippen LogP contribution in [-0.2, 0) is 0 Å². The molecule has 4 rings (SSSR count). The number of aromatic hydroxyl groups is 1. The topological polar surface area (TPSA) is 38.1 Å². The van der Waals surface area contributed by atoms with Gasteiger partial charge < -0.3 is 9.67 Å². The van der Waals surface area contributed by atoms with Crippen LogP contribution < -0.4 is 0 Å². The number of fused-ring (bicyclic) bond motifs is 4. The van der Waals surface area contributed by atoms with Gasteiger partial charge in [-0.15, -0.1) is 0 Å². The Morgan fingerprint density at radius 3 is 2.64 bits per heavy atom. The van der Waals surface area contributed by atoms with Gasteiger partial charge in [0, 0.05) is 40.1 Å². The molecule has 22 heavy (non-hydrogen) atoms. The number of aryl methyl sites for hydroxylation is 1. The SMILES string of the molecule is Cc1c2ccncc2cc2c3cc(O)ccc3n(C(C)C)c12. The summed E-state index contributed by atoms with van der Waals surface area (Å²) in [6.07, 6.45) is 3.75. The van der Waals surface area contributed by atoms with Gasteiger partial charge in [-0.3, -0.25) is 4.98 Å². The van der Waals surface area contributed by atoms with Crippen LogP contribution in [0.4, 0.5) is 0 Å². The molecule has 3 nitrogen and oxygen atoms in total. The molecule has 0 saturated heterocycles. The second-order valence-corrected chi connectivity index (χ2v) is 6.16. The number of aromatic nitrogens is 2. The lowest BCUT2D eigenvalue weighted by Gasteiger charge is -2.14. The van der Waals surface area contributed by atoms with E-state index in [-0.39, 0.29) is 0 Å². The first kappa shape index (κ1) is 13.1. The molecule has 0 saturated carbocycles. The molecule has 2 aromatic carbocycles. The molecule has 0 aliphatic rings. The molecular formula is C19H18N2O. The van der Waals surface area contributed by atoms with Crippen LogP contribution in [0.3, 0.4) is 0 Å². The summed E-state index contributed by atoms with van der Waals surface area (Å²) in [4.78, 5) is 4.24. The first-order valence-electron chi connectivity index (χ1n) is 7.58. The third-order valence-electron chi connectivity index (χ3n) is 4.45. The van der Waals surface area contributed by atoms with Gasteiger partial charge in [0.2, 0.25) is 0 Å². The van der Waals surface area contributed by atoms with Crippen molar-refractivity contribution in [3.8, 4) is 5.75 Å². The van der Waals surface area contributed by atoms with Crippen LogP contribution in [0, 0.1) is 6.92 Å². The molecule has 0 amide bonds. The Bertz CT molecular complexity index is 1030. The van der Waals surface area contributed by atoms with Gasteiger partial charge in [0.05, 0.1) is 5.52 Å². The lowest BCUT2D eigenvalue weighted by Crippen LogP contribution is -2.01. The third-order valence-corrected chi connectivity index (χ3v) is 4.45. The van der Waals surface area contributed by atoms with E-state index < -0.39 is 0 Å². The predicted octanol–water partition coefficient (Wildman–Crippen LogP) is 4.94. The standard InChI is InChI=1S/C19H18N2O/c1-11(2)21-18-5-4-14(22)9-16(18)17-8-13-10-20-7-6-15(13)12(3)19(17)21/h4-11,22H,1-3H3. The lowest BCUT2D eigenvalue weighted by atomic mass is 10.0. The number of nitrogens with zero attached hydrogens (tertiary/aromatic N) is 2. The first-order chi connectivity index (χ1) is 10.6. The lowest BCUT2D eigenvalue weighted by molar-refractivity contribution is 0.476. The van der Waals surface area contributed by atoms with Crippen LogP contribution in [0.2, 0.25) is 0 Å². The van der Waals surface area contributed by atoms with Gasteiger partial charge in [-0.05, 0) is 62.1 Å². The molecule has 2 aromatic heterocycles. The Morgan fingerprint density at radius 1 is 1.05 bits per heavy atom. The number of hydrogen-bond acceptors (Lipinski definition) is 2. The third kappa shape index (κ3) is 1.65. The minimum atomic E-state index is 0.305. The molecule has 0 aliphatic carbocycles. The zero-order chi connectivity index (χ0) is 15.4. The molecule has 0 unspecified atom stereocenters. The van der Waals surface area contributed by atoms with Crippen molar-refractivity contribution in [2.75, 3.05) is 0 Å². The minimum Gasteiger partial charge on any atom is -0.508 e. The number of rotatable bonds is 1. The summed E-state index contributed by atoms with van der Waals surface area (Å²) in [6, 6.07) is 10.2. The van der Waals surface area contributed by atoms with Crippen molar-refractivity contribution in [2.45, 2.75) is 26.8 Å². The van der Waals surface area contributed by atoms with E-state index in [9.17, 15) is 5.11 Å². The fourth-order valence-electron chi connectivity index (χ4n) is 3.54. The molecule has 110 valence electrons. The summed E-state index contributed by atoms with van der Waals surface area (Å²) in [5, 5.41) is 14.5. The van der Waals surface area contributed by atoms with Gasteiger partial charge in [0.1, 0.15) is 5.75 Å². The average molecular weight is 290 g/mol. The molecule has 0 fully saturated rings. The normalized spacial score (nSPS) is 12.0. The monoisotopic (exact) mass is 290 g/mol. The summed E-state index contributed by atoms with van der Waals surface area (Å²) < 4.78 is 2.36. The maximum absolute atomic E-state index is 9.90. The Hall–Kier alpha value is -2.55. The summed E-state index contributed by atoms with van der Waals surface area (Å²) in [5.74, 6) is 0.305. The second kappa shape index (κ2) is 4.47. The molecule has 4 aromatic rings. The van der Waals surface area contributed by atoms with Gasteiger partial charge in [-0.1, -0.05) is 0 Å². The number of pyridine rings is 1. The zero-order valence-electron chi connectivity index (χ0n) is 13.0. The van der Waals surface area contributed by atoms with E-state index in [2.05, 4.69) is 42.5 Å². The quantitative estimate of drug-likeness (QED) is 0.539. The number of phenolic OH excluding ortho intramolecular Hbond substituents is 1. The van der Waals surface area contributed by atoms with Crippen LogP contribution in [0.25, 0.3) is 32.6 Å². The van der Waals surface area contributed by atoms with E-state index in [0.717, 1.165) is 16.3 Å². The van der Waals surface area contributed by atoms with Crippen LogP contribution in [-0.4, -0.2) is 14.7 Å². The van der Waals surface area contributed by atoms with Crippen molar-refractivity contribution in [1.29, 1.82) is 0 Å². The van der Waals surface area contributed by atoms with E-state index in [4.69, 9.17) is 0 Å². The maximum Gasteiger partial charge on any atom is 0.116 e. The van der Waals surface area contributed by atoms with Crippen molar-refractivity contribution in [2.24, 2.45) is 0 Å². The summed E-state index contributed by atoms with van der Waals surface area (Å²) >= 11 is 0. The van der Waals surface area contributed by atoms with E-state index in [1.165, 1.54) is 21.9 Å². The molecule has 3 heteroatoms. The summed E-state index contributed by atoms with van der Waals surface area (Å²) in [5.41, 5.74) is 3.67. The summed E-state index contributed by atoms with van der Waals surface area (Å²) in [6.45, 7) is 6.56. The zero-order valence-corrected chi connectivity index (χ0v) is 13.0. The van der Waals surface area contributed by atoms with E-state index in [0.29, 0.717) is 11.8 Å². The number of benzene rings is 2. The largest absolute Gasteiger partial charge is 0.508 e. The fraction of sp³-hybridized carbons (Fsp3) is 0.211. The number of phenols is 1. The Balaban J connectivity index is 2.34. The predicted molar refractivity (Wildman–Crippen MR) is 91.5 cm³/mol. The van der Waals surface area contributed by atoms with Crippen molar-refractivity contribution in [3.63, 3.8) is 0 Å². The summed E-state index contributed by atoms with van der Waals surface area (Å²) in [7, 11) is 0. The molecule has 0 spiro atoms. The van der Waals surface area contributed by atoms with Crippen molar-refractivity contribution >= 4 is 32.6 Å². The molecule has 0 atom stereocenters. The van der Waals surface area contributed by atoms with Crippen LogP contribution in [0.1, 0.15) is 25.5 Å². The smallest absolute Gasteiger partial charge is 0.116 e. The molecule has 2 heterocycles. The van der Waals surface area contributed by atoms with Crippen molar-refractivity contribution in [1.82, 2.24) is 9.55 Å². The van der Waals surface area contributed by atoms with Crippen LogP contribution in [0.5, 0.6) is 5.75 Å². The highest BCUT2D eigenvalue weighted by atomic mass is 16.3. The van der Waals surface area contributed by atoms with Crippen molar-refractivity contribution in [3.05, 3.63) is 48.3 Å².